The highest BCUT2D eigenvalue weighted by Crippen LogP contribution is 2.41. The smallest absolute Gasteiger partial charge is 0.282 e. The number of carbonyl (C=O) groups is 2. The van der Waals surface area contributed by atoms with Gasteiger partial charge in [0.2, 0.25) is 0 Å². The highest BCUT2D eigenvalue weighted by atomic mass is 16.5. The summed E-state index contributed by atoms with van der Waals surface area (Å²) in [5.41, 5.74) is 5.23. The Morgan fingerprint density at radius 3 is 2.29 bits per heavy atom. The van der Waals surface area contributed by atoms with Crippen molar-refractivity contribution in [1.29, 1.82) is 0 Å². The highest BCUT2D eigenvalue weighted by Gasteiger charge is 2.43. The monoisotopic (exact) mass is 454 g/mol. The molecule has 172 valence electrons. The fourth-order valence-corrected chi connectivity index (χ4v) is 4.71. The van der Waals surface area contributed by atoms with E-state index in [0.717, 1.165) is 29.7 Å². The fraction of sp³-hybridized carbons (Fsp3) is 0.214. The van der Waals surface area contributed by atoms with Gasteiger partial charge >= 0.3 is 0 Å². The standard InChI is InChI=1S/C28H26N2O4/c1-18-10-12-20(13-11-18)25-26(29-16-6-8-19-7-4-5-9-22(19)29)28(32)30(27(25)31)21-14-15-23(33-2)24(17-21)34-3/h4-5,7,9-15,17H,6,8,16H2,1-3H3. The molecule has 0 saturated carbocycles. The molecule has 0 aliphatic carbocycles. The van der Waals surface area contributed by atoms with Crippen LogP contribution in [0.5, 0.6) is 11.5 Å². The van der Waals surface area contributed by atoms with Crippen LogP contribution in [0.25, 0.3) is 5.57 Å². The first-order valence-electron chi connectivity index (χ1n) is 11.3. The van der Waals surface area contributed by atoms with E-state index in [9.17, 15) is 9.59 Å². The molecule has 0 fully saturated rings. The van der Waals surface area contributed by atoms with Gasteiger partial charge in [-0.3, -0.25) is 9.59 Å². The molecule has 0 bridgehead atoms. The van der Waals surface area contributed by atoms with Gasteiger partial charge in [0.15, 0.2) is 11.5 Å². The van der Waals surface area contributed by atoms with E-state index < -0.39 is 0 Å². The molecule has 0 saturated heterocycles. The molecular formula is C28H26N2O4. The SMILES string of the molecule is COc1ccc(N2C(=O)C(c3ccc(C)cc3)=C(N3CCCc4ccccc43)C2=O)cc1OC. The van der Waals surface area contributed by atoms with Crippen LogP contribution in [0.2, 0.25) is 0 Å². The van der Waals surface area contributed by atoms with Crippen molar-refractivity contribution in [3.63, 3.8) is 0 Å². The van der Waals surface area contributed by atoms with Gasteiger partial charge in [0.05, 0.1) is 25.5 Å². The number of fused-ring (bicyclic) bond motifs is 1. The van der Waals surface area contributed by atoms with Crippen molar-refractivity contribution in [1.82, 2.24) is 0 Å². The van der Waals surface area contributed by atoms with Crippen LogP contribution in [0.3, 0.4) is 0 Å². The van der Waals surface area contributed by atoms with Crippen molar-refractivity contribution in [2.75, 3.05) is 30.6 Å². The largest absolute Gasteiger partial charge is 0.493 e. The number of carbonyl (C=O) groups excluding carboxylic acids is 2. The van der Waals surface area contributed by atoms with Crippen molar-refractivity contribution >= 4 is 28.8 Å². The van der Waals surface area contributed by atoms with Crippen LogP contribution in [0, 0.1) is 6.92 Å². The maximum Gasteiger partial charge on any atom is 0.282 e. The number of benzene rings is 3. The summed E-state index contributed by atoms with van der Waals surface area (Å²) in [5, 5.41) is 0. The first-order valence-corrected chi connectivity index (χ1v) is 11.3. The molecule has 0 spiro atoms. The summed E-state index contributed by atoms with van der Waals surface area (Å²) in [6, 6.07) is 20.9. The van der Waals surface area contributed by atoms with Gasteiger partial charge in [0, 0.05) is 18.3 Å². The normalized spacial score (nSPS) is 15.6. The number of imide groups is 1. The van der Waals surface area contributed by atoms with Gasteiger partial charge in [0.1, 0.15) is 5.70 Å². The number of anilines is 2. The van der Waals surface area contributed by atoms with E-state index in [1.165, 1.54) is 17.6 Å². The molecule has 2 aliphatic heterocycles. The third-order valence-electron chi connectivity index (χ3n) is 6.41. The molecule has 3 aromatic carbocycles. The zero-order chi connectivity index (χ0) is 23.8. The van der Waals surface area contributed by atoms with E-state index in [4.69, 9.17) is 9.47 Å². The average molecular weight is 455 g/mol. The molecule has 0 radical (unpaired) electrons. The summed E-state index contributed by atoms with van der Waals surface area (Å²) in [6.45, 7) is 2.66. The lowest BCUT2D eigenvalue weighted by molar-refractivity contribution is -0.120. The summed E-state index contributed by atoms with van der Waals surface area (Å²) in [7, 11) is 3.08. The number of nitrogens with zero attached hydrogens (tertiary/aromatic N) is 2. The molecule has 2 heterocycles. The molecular weight excluding hydrogens is 428 g/mol. The second kappa shape index (κ2) is 8.71. The lowest BCUT2D eigenvalue weighted by atomic mass is 9.98. The van der Waals surface area contributed by atoms with Crippen LogP contribution in [0.1, 0.15) is 23.1 Å². The maximum absolute atomic E-state index is 14.0. The highest BCUT2D eigenvalue weighted by molar-refractivity contribution is 6.46. The van der Waals surface area contributed by atoms with Crippen molar-refractivity contribution in [3.8, 4) is 11.5 Å². The molecule has 6 nitrogen and oxygen atoms in total. The van der Waals surface area contributed by atoms with Crippen LogP contribution < -0.4 is 19.3 Å². The van der Waals surface area contributed by atoms with E-state index >= 15 is 0 Å². The summed E-state index contributed by atoms with van der Waals surface area (Å²) in [5.74, 6) is 0.292. The summed E-state index contributed by atoms with van der Waals surface area (Å²) < 4.78 is 10.8. The number of rotatable bonds is 5. The zero-order valence-electron chi connectivity index (χ0n) is 19.5. The molecule has 3 aromatic rings. The minimum absolute atomic E-state index is 0.343. The first-order chi connectivity index (χ1) is 16.5. The Kier molecular flexibility index (Phi) is 5.57. The van der Waals surface area contributed by atoms with Gasteiger partial charge in [-0.05, 0) is 49.1 Å². The van der Waals surface area contributed by atoms with Crippen molar-refractivity contribution in [2.24, 2.45) is 0 Å². The summed E-state index contributed by atoms with van der Waals surface area (Å²) in [4.78, 5) is 31.1. The molecule has 5 rings (SSSR count). The minimum Gasteiger partial charge on any atom is -0.493 e. The van der Waals surface area contributed by atoms with Gasteiger partial charge < -0.3 is 14.4 Å². The molecule has 0 N–H and O–H groups in total. The number of amides is 2. The fourth-order valence-electron chi connectivity index (χ4n) is 4.71. The average Bonchev–Trinajstić information content (AvgIpc) is 3.13. The van der Waals surface area contributed by atoms with Crippen LogP contribution in [-0.2, 0) is 16.0 Å². The number of ether oxygens (including phenoxy) is 2. The predicted octanol–water partition coefficient (Wildman–Crippen LogP) is 4.75. The predicted molar refractivity (Wildman–Crippen MR) is 132 cm³/mol. The molecule has 2 amide bonds. The van der Waals surface area contributed by atoms with E-state index in [0.29, 0.717) is 35.0 Å². The van der Waals surface area contributed by atoms with E-state index in [1.807, 2.05) is 54.3 Å². The lowest BCUT2D eigenvalue weighted by Gasteiger charge is -2.32. The third-order valence-corrected chi connectivity index (χ3v) is 6.41. The number of hydrogen-bond donors (Lipinski definition) is 0. The van der Waals surface area contributed by atoms with Crippen LogP contribution >= 0.6 is 0 Å². The summed E-state index contributed by atoms with van der Waals surface area (Å²) in [6.07, 6.45) is 1.85. The molecule has 34 heavy (non-hydrogen) atoms. The minimum atomic E-state index is -0.348. The quantitative estimate of drug-likeness (QED) is 0.521. The first kappa shape index (κ1) is 21.8. The van der Waals surface area contributed by atoms with Gasteiger partial charge in [0.25, 0.3) is 11.8 Å². The molecule has 0 atom stereocenters. The summed E-state index contributed by atoms with van der Waals surface area (Å²) >= 11 is 0. The van der Waals surface area contributed by atoms with Crippen molar-refractivity contribution in [2.45, 2.75) is 19.8 Å². The Morgan fingerprint density at radius 1 is 0.824 bits per heavy atom. The number of hydrogen-bond acceptors (Lipinski definition) is 5. The molecule has 0 aromatic heterocycles. The lowest BCUT2D eigenvalue weighted by Crippen LogP contribution is -2.37. The second-order valence-electron chi connectivity index (χ2n) is 8.46. The zero-order valence-corrected chi connectivity index (χ0v) is 19.5. The van der Waals surface area contributed by atoms with Gasteiger partial charge in [-0.2, -0.15) is 0 Å². The van der Waals surface area contributed by atoms with E-state index in [-0.39, 0.29) is 11.8 Å². The Labute approximate surface area is 199 Å². The Bertz CT molecular complexity index is 1310. The molecule has 0 unspecified atom stereocenters. The number of para-hydroxylation sites is 1. The van der Waals surface area contributed by atoms with Gasteiger partial charge in [-0.15, -0.1) is 0 Å². The van der Waals surface area contributed by atoms with Crippen LogP contribution in [-0.4, -0.2) is 32.6 Å². The Morgan fingerprint density at radius 2 is 1.56 bits per heavy atom. The van der Waals surface area contributed by atoms with Crippen LogP contribution in [0.15, 0.2) is 72.4 Å². The third kappa shape index (κ3) is 3.52. The van der Waals surface area contributed by atoms with Crippen molar-refractivity contribution in [3.05, 3.63) is 89.1 Å². The molecule has 6 heteroatoms. The maximum atomic E-state index is 14.0. The van der Waals surface area contributed by atoms with E-state index in [2.05, 4.69) is 6.07 Å². The second-order valence-corrected chi connectivity index (χ2v) is 8.46. The number of methoxy groups -OCH3 is 2. The Hall–Kier alpha value is -4.06. The topological polar surface area (TPSA) is 59.1 Å². The number of aryl methyl sites for hydroxylation is 2. The van der Waals surface area contributed by atoms with Gasteiger partial charge in [-0.1, -0.05) is 48.0 Å². The van der Waals surface area contributed by atoms with Crippen LogP contribution in [0.4, 0.5) is 11.4 Å². The Balaban J connectivity index is 1.67. The van der Waals surface area contributed by atoms with Gasteiger partial charge in [-0.25, -0.2) is 4.90 Å². The molecule has 2 aliphatic rings. The van der Waals surface area contributed by atoms with Crippen molar-refractivity contribution < 1.29 is 19.1 Å². The van der Waals surface area contributed by atoms with E-state index in [1.54, 1.807) is 25.3 Å².